The van der Waals surface area contributed by atoms with E-state index in [1.165, 1.54) is 11.3 Å². The van der Waals surface area contributed by atoms with Crippen LogP contribution in [-0.4, -0.2) is 23.1 Å². The molecule has 0 saturated heterocycles. The maximum absolute atomic E-state index is 4.70. The van der Waals surface area contributed by atoms with Crippen LogP contribution in [0.2, 0.25) is 0 Å². The molecule has 2 heterocycles. The molecule has 4 nitrogen and oxygen atoms in total. The van der Waals surface area contributed by atoms with Crippen molar-refractivity contribution in [1.82, 2.24) is 9.97 Å². The van der Waals surface area contributed by atoms with Crippen molar-refractivity contribution in [2.24, 2.45) is 5.92 Å². The van der Waals surface area contributed by atoms with E-state index >= 15 is 0 Å². The zero-order valence-corrected chi connectivity index (χ0v) is 13.4. The first-order chi connectivity index (χ1) is 10.7. The lowest BCUT2D eigenvalue weighted by atomic mass is 10.0. The smallest absolute Gasteiger partial charge is 0.224 e. The molecule has 1 aromatic carbocycles. The lowest BCUT2D eigenvalue weighted by Crippen LogP contribution is -2.25. The molecule has 1 aromatic heterocycles. The summed E-state index contributed by atoms with van der Waals surface area (Å²) in [6, 6.07) is 10.6. The average molecular weight is 296 g/mol. The number of hydrogen-bond donors (Lipinski definition) is 1. The molecule has 3 rings (SSSR count). The van der Waals surface area contributed by atoms with E-state index in [2.05, 4.69) is 53.3 Å². The number of aryl methyl sites for hydroxylation is 1. The second-order valence-corrected chi connectivity index (χ2v) is 6.23. The highest BCUT2D eigenvalue weighted by Gasteiger charge is 2.18. The molecule has 0 bridgehead atoms. The number of nitrogens with zero attached hydrogens (tertiary/aromatic N) is 3. The minimum atomic E-state index is 0.685. The molecule has 1 aliphatic rings. The van der Waals surface area contributed by atoms with Crippen LogP contribution in [0.15, 0.2) is 36.5 Å². The highest BCUT2D eigenvalue weighted by molar-refractivity contribution is 5.65. The van der Waals surface area contributed by atoms with Gasteiger partial charge in [0.1, 0.15) is 5.82 Å². The fourth-order valence-corrected chi connectivity index (χ4v) is 2.83. The molecule has 0 unspecified atom stereocenters. The summed E-state index contributed by atoms with van der Waals surface area (Å²) in [7, 11) is 0. The van der Waals surface area contributed by atoms with Crippen LogP contribution in [0.3, 0.4) is 0 Å². The van der Waals surface area contributed by atoms with Crippen LogP contribution in [0.4, 0.5) is 17.5 Å². The third-order valence-electron chi connectivity index (χ3n) is 4.03. The van der Waals surface area contributed by atoms with Crippen molar-refractivity contribution < 1.29 is 0 Å². The van der Waals surface area contributed by atoms with Crippen molar-refractivity contribution >= 4 is 17.5 Å². The Morgan fingerprint density at radius 2 is 2.09 bits per heavy atom. The maximum Gasteiger partial charge on any atom is 0.224 e. The Bertz CT molecular complexity index is 624. The van der Waals surface area contributed by atoms with E-state index in [1.807, 2.05) is 12.3 Å². The molecule has 22 heavy (non-hydrogen) atoms. The fourth-order valence-electron chi connectivity index (χ4n) is 2.83. The Hall–Kier alpha value is -2.10. The van der Waals surface area contributed by atoms with E-state index in [4.69, 9.17) is 4.98 Å². The number of anilines is 3. The summed E-state index contributed by atoms with van der Waals surface area (Å²) in [5.74, 6) is 2.39. The van der Waals surface area contributed by atoms with Crippen LogP contribution in [-0.2, 0) is 6.42 Å². The molecule has 0 amide bonds. The molecule has 0 spiro atoms. The summed E-state index contributed by atoms with van der Waals surface area (Å²) in [6.07, 6.45) is 5.28. The van der Waals surface area contributed by atoms with Gasteiger partial charge in [0.15, 0.2) is 0 Å². The Labute approximate surface area is 132 Å². The van der Waals surface area contributed by atoms with E-state index < -0.39 is 0 Å². The number of hydrogen-bond acceptors (Lipinski definition) is 4. The van der Waals surface area contributed by atoms with E-state index in [-0.39, 0.29) is 0 Å². The topological polar surface area (TPSA) is 41.1 Å². The molecule has 1 N–H and O–H groups in total. The molecule has 0 radical (unpaired) electrons. The number of rotatable bonds is 5. The third-order valence-corrected chi connectivity index (χ3v) is 4.03. The lowest BCUT2D eigenvalue weighted by Gasteiger charge is -2.30. The molecule has 116 valence electrons. The molecule has 0 fully saturated rings. The molecule has 4 heteroatoms. The lowest BCUT2D eigenvalue weighted by molar-refractivity contribution is 0.606. The van der Waals surface area contributed by atoms with Gasteiger partial charge in [0, 0.05) is 25.0 Å². The summed E-state index contributed by atoms with van der Waals surface area (Å²) in [4.78, 5) is 11.3. The van der Waals surface area contributed by atoms with Crippen molar-refractivity contribution in [2.75, 3.05) is 23.3 Å². The predicted molar refractivity (Wildman–Crippen MR) is 91.7 cm³/mol. The van der Waals surface area contributed by atoms with Crippen molar-refractivity contribution in [2.45, 2.75) is 33.1 Å². The van der Waals surface area contributed by atoms with Crippen molar-refractivity contribution in [3.05, 3.63) is 42.1 Å². The average Bonchev–Trinajstić information content (AvgIpc) is 2.54. The third kappa shape index (κ3) is 3.38. The molecule has 1 aliphatic heterocycles. The number of aromatic nitrogens is 2. The standard InChI is InChI=1S/C18H24N4/c1-14(2)9-11-19-18-20-12-10-17(21-18)22-13-5-7-15-6-3-4-8-16(15)22/h3-4,6,8,10,12,14H,5,7,9,11,13H2,1-2H3,(H,19,20,21). The van der Waals surface area contributed by atoms with Gasteiger partial charge >= 0.3 is 0 Å². The van der Waals surface area contributed by atoms with Gasteiger partial charge < -0.3 is 10.2 Å². The zero-order valence-electron chi connectivity index (χ0n) is 13.4. The summed E-state index contributed by atoms with van der Waals surface area (Å²) in [5.41, 5.74) is 2.68. The number of nitrogens with one attached hydrogen (secondary N) is 1. The zero-order chi connectivity index (χ0) is 15.4. The predicted octanol–water partition coefficient (Wildman–Crippen LogP) is 4.02. The van der Waals surface area contributed by atoms with Gasteiger partial charge in [-0.05, 0) is 42.9 Å². The van der Waals surface area contributed by atoms with Crippen LogP contribution in [0, 0.1) is 5.92 Å². The van der Waals surface area contributed by atoms with Crippen molar-refractivity contribution in [1.29, 1.82) is 0 Å². The highest BCUT2D eigenvalue weighted by atomic mass is 15.2. The minimum Gasteiger partial charge on any atom is -0.354 e. The molecule has 2 aromatic rings. The normalized spacial score (nSPS) is 14.0. The summed E-state index contributed by atoms with van der Waals surface area (Å²) < 4.78 is 0. The number of benzene rings is 1. The summed E-state index contributed by atoms with van der Waals surface area (Å²) >= 11 is 0. The first-order valence-corrected chi connectivity index (χ1v) is 8.16. The van der Waals surface area contributed by atoms with Gasteiger partial charge in [0.05, 0.1) is 0 Å². The van der Waals surface area contributed by atoms with Gasteiger partial charge in [-0.1, -0.05) is 32.0 Å². The van der Waals surface area contributed by atoms with Gasteiger partial charge in [-0.3, -0.25) is 0 Å². The quantitative estimate of drug-likeness (QED) is 0.905. The van der Waals surface area contributed by atoms with E-state index in [1.54, 1.807) is 0 Å². The summed E-state index contributed by atoms with van der Waals surface area (Å²) in [6.45, 7) is 6.38. The molecular weight excluding hydrogens is 272 g/mol. The molecule has 0 atom stereocenters. The van der Waals surface area contributed by atoms with E-state index in [0.717, 1.165) is 44.1 Å². The largest absolute Gasteiger partial charge is 0.354 e. The van der Waals surface area contributed by atoms with Crippen molar-refractivity contribution in [3.8, 4) is 0 Å². The van der Waals surface area contributed by atoms with Gasteiger partial charge in [-0.2, -0.15) is 4.98 Å². The van der Waals surface area contributed by atoms with Crippen LogP contribution >= 0.6 is 0 Å². The number of para-hydroxylation sites is 1. The molecule has 0 saturated carbocycles. The van der Waals surface area contributed by atoms with Gasteiger partial charge in [0.25, 0.3) is 0 Å². The first kappa shape index (κ1) is 14.8. The summed E-state index contributed by atoms with van der Waals surface area (Å²) in [5, 5.41) is 3.33. The van der Waals surface area contributed by atoms with Gasteiger partial charge in [-0.25, -0.2) is 4.98 Å². The fraction of sp³-hybridized carbons (Fsp3) is 0.444. The molecular formula is C18H24N4. The first-order valence-electron chi connectivity index (χ1n) is 8.16. The highest BCUT2D eigenvalue weighted by Crippen LogP contribution is 2.32. The number of fused-ring (bicyclic) bond motifs is 1. The Kier molecular flexibility index (Phi) is 4.56. The second-order valence-electron chi connectivity index (χ2n) is 6.23. The molecule has 0 aliphatic carbocycles. The monoisotopic (exact) mass is 296 g/mol. The van der Waals surface area contributed by atoms with Crippen molar-refractivity contribution in [3.63, 3.8) is 0 Å². The van der Waals surface area contributed by atoms with Gasteiger partial charge in [0.2, 0.25) is 5.95 Å². The van der Waals surface area contributed by atoms with E-state index in [0.29, 0.717) is 5.92 Å². The minimum absolute atomic E-state index is 0.685. The Morgan fingerprint density at radius 3 is 2.95 bits per heavy atom. The van der Waals surface area contributed by atoms with Gasteiger partial charge in [-0.15, -0.1) is 0 Å². The van der Waals surface area contributed by atoms with Crippen LogP contribution in [0.1, 0.15) is 32.3 Å². The SMILES string of the molecule is CC(C)CCNc1nccc(N2CCCc3ccccc32)n1. The van der Waals surface area contributed by atoms with E-state index in [9.17, 15) is 0 Å². The Morgan fingerprint density at radius 1 is 1.23 bits per heavy atom. The van der Waals surface area contributed by atoms with Crippen LogP contribution in [0.25, 0.3) is 0 Å². The van der Waals surface area contributed by atoms with Crippen LogP contribution in [0.5, 0.6) is 0 Å². The van der Waals surface area contributed by atoms with Crippen LogP contribution < -0.4 is 10.2 Å². The Balaban J connectivity index is 1.78. The second kappa shape index (κ2) is 6.77. The maximum atomic E-state index is 4.70.